The lowest BCUT2D eigenvalue weighted by molar-refractivity contribution is 0.0363. The van der Waals surface area contributed by atoms with Crippen molar-refractivity contribution in [2.24, 2.45) is 0 Å². The third-order valence-electron chi connectivity index (χ3n) is 3.16. The van der Waals surface area contributed by atoms with Crippen LogP contribution in [-0.2, 0) is 18.3 Å². The van der Waals surface area contributed by atoms with Crippen molar-refractivity contribution in [1.82, 2.24) is 0 Å². The summed E-state index contributed by atoms with van der Waals surface area (Å²) in [6.07, 6.45) is 2.70. The Hall–Kier alpha value is 0.0569. The number of hydrogen-bond acceptors (Lipinski definition) is 4. The molecule has 0 bridgehead atoms. The van der Waals surface area contributed by atoms with Crippen molar-refractivity contribution in [2.75, 3.05) is 27.4 Å². The molecule has 16 heavy (non-hydrogen) atoms. The van der Waals surface area contributed by atoms with E-state index in [-0.39, 0.29) is 0 Å². The van der Waals surface area contributed by atoms with Gasteiger partial charge >= 0.3 is 8.56 Å². The maximum absolute atomic E-state index is 5.79. The molecule has 1 saturated heterocycles. The molecule has 0 aromatic heterocycles. The average Bonchev–Trinajstić information content (AvgIpc) is 3.13. The third-order valence-corrected chi connectivity index (χ3v) is 6.08. The molecule has 96 valence electrons. The fourth-order valence-electron chi connectivity index (χ4n) is 1.52. The lowest BCUT2D eigenvalue weighted by Crippen LogP contribution is -2.37. The van der Waals surface area contributed by atoms with Crippen LogP contribution in [0.4, 0.5) is 0 Å². The highest BCUT2D eigenvalue weighted by Gasteiger charge is 2.30. The Morgan fingerprint density at radius 2 is 2.00 bits per heavy atom. The van der Waals surface area contributed by atoms with Gasteiger partial charge in [-0.2, -0.15) is 0 Å². The standard InChI is InChI=1S/C11H24O4Si/c1-5-10(14-8-11-9-15-11)6-7-16(4,12-2)13-3/h10-11H,5-9H2,1-4H3. The van der Waals surface area contributed by atoms with Crippen LogP contribution < -0.4 is 0 Å². The van der Waals surface area contributed by atoms with Gasteiger partial charge in [0.2, 0.25) is 0 Å². The van der Waals surface area contributed by atoms with Gasteiger partial charge in [0.05, 0.1) is 19.3 Å². The predicted octanol–water partition coefficient (Wildman–Crippen LogP) is 1.94. The molecule has 0 aliphatic carbocycles. The smallest absolute Gasteiger partial charge is 0.334 e. The fourth-order valence-corrected chi connectivity index (χ4v) is 2.94. The lowest BCUT2D eigenvalue weighted by Gasteiger charge is -2.25. The van der Waals surface area contributed by atoms with Crippen LogP contribution in [0.1, 0.15) is 19.8 Å². The topological polar surface area (TPSA) is 40.2 Å². The van der Waals surface area contributed by atoms with E-state index in [0.717, 1.165) is 32.1 Å². The summed E-state index contributed by atoms with van der Waals surface area (Å²) in [5.74, 6) is 0. The molecule has 0 saturated carbocycles. The summed E-state index contributed by atoms with van der Waals surface area (Å²) in [7, 11) is 1.54. The highest BCUT2D eigenvalue weighted by atomic mass is 28.4. The maximum atomic E-state index is 5.79. The van der Waals surface area contributed by atoms with Crippen LogP contribution in [0.25, 0.3) is 0 Å². The SMILES string of the molecule is CCC(CC[Si](C)(OC)OC)OCC1CO1. The van der Waals surface area contributed by atoms with E-state index in [4.69, 9.17) is 18.3 Å². The van der Waals surface area contributed by atoms with Crippen molar-refractivity contribution in [3.05, 3.63) is 0 Å². The average molecular weight is 248 g/mol. The van der Waals surface area contributed by atoms with E-state index in [1.54, 1.807) is 14.2 Å². The van der Waals surface area contributed by atoms with Gasteiger partial charge in [0.25, 0.3) is 0 Å². The summed E-state index contributed by atoms with van der Waals surface area (Å²) in [4.78, 5) is 0. The molecular weight excluding hydrogens is 224 g/mol. The van der Waals surface area contributed by atoms with Gasteiger partial charge in [-0.25, -0.2) is 0 Å². The van der Waals surface area contributed by atoms with E-state index in [1.807, 2.05) is 0 Å². The van der Waals surface area contributed by atoms with Crippen molar-refractivity contribution in [1.29, 1.82) is 0 Å². The summed E-state index contributed by atoms with van der Waals surface area (Å²) in [6.45, 7) is 5.83. The first-order valence-corrected chi connectivity index (χ1v) is 8.49. The monoisotopic (exact) mass is 248 g/mol. The molecule has 1 heterocycles. The molecule has 0 N–H and O–H groups in total. The van der Waals surface area contributed by atoms with Crippen LogP contribution in [0.15, 0.2) is 0 Å². The Morgan fingerprint density at radius 3 is 2.44 bits per heavy atom. The van der Waals surface area contributed by atoms with Crippen LogP contribution >= 0.6 is 0 Å². The molecule has 2 atom stereocenters. The van der Waals surface area contributed by atoms with E-state index in [1.165, 1.54) is 0 Å². The number of rotatable bonds is 9. The van der Waals surface area contributed by atoms with Gasteiger partial charge in [-0.05, 0) is 25.4 Å². The van der Waals surface area contributed by atoms with Gasteiger partial charge in [-0.15, -0.1) is 0 Å². The van der Waals surface area contributed by atoms with Crippen molar-refractivity contribution < 1.29 is 18.3 Å². The molecule has 0 amide bonds. The van der Waals surface area contributed by atoms with Crippen LogP contribution in [0.3, 0.4) is 0 Å². The van der Waals surface area contributed by atoms with E-state index in [0.29, 0.717) is 12.2 Å². The first kappa shape index (κ1) is 14.1. The first-order valence-electron chi connectivity index (χ1n) is 5.97. The minimum atomic E-state index is -1.93. The number of hydrogen-bond donors (Lipinski definition) is 0. The Balaban J connectivity index is 2.20. The van der Waals surface area contributed by atoms with Crippen LogP contribution in [-0.4, -0.2) is 48.2 Å². The van der Waals surface area contributed by atoms with Crippen molar-refractivity contribution in [3.8, 4) is 0 Å². The highest BCUT2D eigenvalue weighted by Crippen LogP contribution is 2.19. The number of ether oxygens (including phenoxy) is 2. The van der Waals surface area contributed by atoms with Crippen LogP contribution in [0.2, 0.25) is 12.6 Å². The Labute approximate surface area is 99.5 Å². The molecule has 5 heteroatoms. The van der Waals surface area contributed by atoms with E-state index < -0.39 is 8.56 Å². The second kappa shape index (κ2) is 6.71. The molecule has 1 aliphatic heterocycles. The molecule has 1 rings (SSSR count). The van der Waals surface area contributed by atoms with Gasteiger partial charge in [0.1, 0.15) is 6.10 Å². The van der Waals surface area contributed by atoms with E-state index in [9.17, 15) is 0 Å². The lowest BCUT2D eigenvalue weighted by atomic mass is 10.2. The van der Waals surface area contributed by atoms with Crippen molar-refractivity contribution in [2.45, 2.75) is 44.6 Å². The van der Waals surface area contributed by atoms with Gasteiger partial charge in [-0.3, -0.25) is 0 Å². The zero-order valence-electron chi connectivity index (χ0n) is 10.8. The summed E-state index contributed by atoms with van der Waals surface area (Å²) in [5.41, 5.74) is 0. The fraction of sp³-hybridized carbons (Fsp3) is 1.00. The van der Waals surface area contributed by atoms with Crippen LogP contribution in [0.5, 0.6) is 0 Å². The molecular formula is C11H24O4Si. The van der Waals surface area contributed by atoms with Crippen molar-refractivity contribution in [3.63, 3.8) is 0 Å². The molecule has 0 aromatic carbocycles. The normalized spacial score (nSPS) is 22.1. The van der Waals surface area contributed by atoms with E-state index >= 15 is 0 Å². The van der Waals surface area contributed by atoms with Gasteiger partial charge in [0.15, 0.2) is 0 Å². The van der Waals surface area contributed by atoms with Crippen molar-refractivity contribution >= 4 is 8.56 Å². The van der Waals surface area contributed by atoms with Gasteiger partial charge < -0.3 is 18.3 Å². The summed E-state index contributed by atoms with van der Waals surface area (Å²) < 4.78 is 21.8. The largest absolute Gasteiger partial charge is 0.398 e. The first-order chi connectivity index (χ1) is 7.63. The minimum Gasteiger partial charge on any atom is -0.398 e. The Kier molecular flexibility index (Phi) is 5.92. The molecule has 1 aliphatic rings. The zero-order chi connectivity index (χ0) is 12.0. The summed E-state index contributed by atoms with van der Waals surface area (Å²) in [6, 6.07) is 0.976. The molecule has 0 spiro atoms. The number of epoxide rings is 1. The second-order valence-corrected chi connectivity index (χ2v) is 7.98. The predicted molar refractivity (Wildman–Crippen MR) is 64.8 cm³/mol. The van der Waals surface area contributed by atoms with E-state index in [2.05, 4.69) is 13.5 Å². The molecule has 1 fully saturated rings. The minimum absolute atomic E-state index is 0.307. The third kappa shape index (κ3) is 4.93. The highest BCUT2D eigenvalue weighted by molar-refractivity contribution is 6.65. The summed E-state index contributed by atoms with van der Waals surface area (Å²) >= 11 is 0. The molecule has 0 radical (unpaired) electrons. The maximum Gasteiger partial charge on any atom is 0.334 e. The second-order valence-electron chi connectivity index (χ2n) is 4.40. The van der Waals surface area contributed by atoms with Gasteiger partial charge in [-0.1, -0.05) is 6.92 Å². The molecule has 2 unspecified atom stereocenters. The summed E-state index contributed by atoms with van der Waals surface area (Å²) in [5, 5.41) is 0. The Bertz CT molecular complexity index is 192. The quantitative estimate of drug-likeness (QED) is 0.462. The molecule has 4 nitrogen and oxygen atoms in total. The molecule has 0 aromatic rings. The van der Waals surface area contributed by atoms with Gasteiger partial charge in [0, 0.05) is 14.2 Å². The Morgan fingerprint density at radius 1 is 1.38 bits per heavy atom. The van der Waals surface area contributed by atoms with Crippen LogP contribution in [0, 0.1) is 0 Å². The zero-order valence-corrected chi connectivity index (χ0v) is 11.8.